The van der Waals surface area contributed by atoms with Crippen LogP contribution in [0.3, 0.4) is 0 Å². The number of aromatic amines is 2. The summed E-state index contributed by atoms with van der Waals surface area (Å²) in [6.45, 7) is 1.49. The zero-order chi connectivity index (χ0) is 12.8. The standard InChI is InChI=1S/C10H14N2O5/c1-6(13)17-4-3-7-8(5-16-2)11-10(15)12-9(7)14/h3-5H2,1-2H3,(H2,11,12,14,15). The van der Waals surface area contributed by atoms with Gasteiger partial charge in [0, 0.05) is 26.0 Å². The van der Waals surface area contributed by atoms with E-state index in [-0.39, 0.29) is 19.6 Å². The summed E-state index contributed by atoms with van der Waals surface area (Å²) in [5, 5.41) is 0. The second-order valence-corrected chi connectivity index (χ2v) is 3.39. The molecule has 2 N–H and O–H groups in total. The van der Waals surface area contributed by atoms with Crippen molar-refractivity contribution in [2.45, 2.75) is 20.0 Å². The number of carbonyl (C=O) groups excluding carboxylic acids is 1. The molecule has 7 nitrogen and oxygen atoms in total. The summed E-state index contributed by atoms with van der Waals surface area (Å²) >= 11 is 0. The van der Waals surface area contributed by atoms with E-state index >= 15 is 0 Å². The smallest absolute Gasteiger partial charge is 0.325 e. The van der Waals surface area contributed by atoms with Crippen LogP contribution >= 0.6 is 0 Å². The maximum Gasteiger partial charge on any atom is 0.325 e. The lowest BCUT2D eigenvalue weighted by molar-refractivity contribution is -0.140. The van der Waals surface area contributed by atoms with Crippen molar-refractivity contribution >= 4 is 5.97 Å². The largest absolute Gasteiger partial charge is 0.466 e. The first kappa shape index (κ1) is 13.2. The second-order valence-electron chi connectivity index (χ2n) is 3.39. The van der Waals surface area contributed by atoms with Crippen molar-refractivity contribution in [3.63, 3.8) is 0 Å². The lowest BCUT2D eigenvalue weighted by atomic mass is 10.2. The van der Waals surface area contributed by atoms with Gasteiger partial charge in [-0.2, -0.15) is 0 Å². The predicted octanol–water partition coefficient (Wildman–Crippen LogP) is -0.685. The van der Waals surface area contributed by atoms with Gasteiger partial charge in [0.05, 0.1) is 18.9 Å². The van der Waals surface area contributed by atoms with E-state index in [1.807, 2.05) is 0 Å². The van der Waals surface area contributed by atoms with Gasteiger partial charge in [-0.15, -0.1) is 0 Å². The molecule has 0 spiro atoms. The van der Waals surface area contributed by atoms with E-state index in [1.165, 1.54) is 14.0 Å². The molecule has 0 aromatic carbocycles. The zero-order valence-corrected chi connectivity index (χ0v) is 9.66. The Kier molecular flexibility index (Phi) is 4.65. The van der Waals surface area contributed by atoms with Gasteiger partial charge in [-0.1, -0.05) is 0 Å². The molecule has 0 aliphatic rings. The van der Waals surface area contributed by atoms with Crippen molar-refractivity contribution in [2.75, 3.05) is 13.7 Å². The maximum absolute atomic E-state index is 11.5. The average molecular weight is 242 g/mol. The fourth-order valence-electron chi connectivity index (χ4n) is 1.39. The molecule has 1 rings (SSSR count). The lowest BCUT2D eigenvalue weighted by Gasteiger charge is -2.07. The number of rotatable bonds is 5. The first-order chi connectivity index (χ1) is 8.04. The van der Waals surface area contributed by atoms with Crippen molar-refractivity contribution in [2.24, 2.45) is 0 Å². The highest BCUT2D eigenvalue weighted by Gasteiger charge is 2.09. The van der Waals surface area contributed by atoms with Gasteiger partial charge >= 0.3 is 11.7 Å². The summed E-state index contributed by atoms with van der Waals surface area (Å²) in [4.78, 5) is 37.8. The van der Waals surface area contributed by atoms with Gasteiger partial charge in [0.1, 0.15) is 0 Å². The number of nitrogens with one attached hydrogen (secondary N) is 2. The van der Waals surface area contributed by atoms with E-state index in [4.69, 9.17) is 9.47 Å². The van der Waals surface area contributed by atoms with Crippen molar-refractivity contribution in [3.8, 4) is 0 Å². The molecule has 0 atom stereocenters. The Morgan fingerprint density at radius 1 is 1.29 bits per heavy atom. The van der Waals surface area contributed by atoms with Crippen LogP contribution in [-0.2, 0) is 27.3 Å². The molecule has 0 bridgehead atoms. The Bertz CT molecular complexity index is 502. The van der Waals surface area contributed by atoms with Gasteiger partial charge in [0.2, 0.25) is 0 Å². The Labute approximate surface area is 96.8 Å². The van der Waals surface area contributed by atoms with Crippen molar-refractivity contribution < 1.29 is 14.3 Å². The number of methoxy groups -OCH3 is 1. The summed E-state index contributed by atoms with van der Waals surface area (Å²) in [7, 11) is 1.45. The number of aromatic nitrogens is 2. The van der Waals surface area contributed by atoms with Gasteiger partial charge in [-0.25, -0.2) is 4.79 Å². The highest BCUT2D eigenvalue weighted by Crippen LogP contribution is 2.01. The topological polar surface area (TPSA) is 101 Å². The molecule has 1 aromatic rings. The van der Waals surface area contributed by atoms with Crippen LogP contribution in [0.5, 0.6) is 0 Å². The van der Waals surface area contributed by atoms with E-state index in [2.05, 4.69) is 9.97 Å². The van der Waals surface area contributed by atoms with Crippen LogP contribution in [0.15, 0.2) is 9.59 Å². The summed E-state index contributed by atoms with van der Waals surface area (Å²) in [5.74, 6) is -0.417. The molecule has 0 aliphatic carbocycles. The summed E-state index contributed by atoms with van der Waals surface area (Å²) in [5.41, 5.74) is -0.327. The molecule has 1 aromatic heterocycles. The molecule has 94 valence electrons. The third-order valence-corrected chi connectivity index (χ3v) is 2.08. The Balaban J connectivity index is 2.92. The molecule has 0 unspecified atom stereocenters. The number of ether oxygens (including phenoxy) is 2. The number of hydrogen-bond donors (Lipinski definition) is 2. The molecule has 0 radical (unpaired) electrons. The van der Waals surface area contributed by atoms with Crippen LogP contribution in [0.25, 0.3) is 0 Å². The Morgan fingerprint density at radius 3 is 2.59 bits per heavy atom. The van der Waals surface area contributed by atoms with Crippen LogP contribution in [0.4, 0.5) is 0 Å². The van der Waals surface area contributed by atoms with Crippen LogP contribution in [0.2, 0.25) is 0 Å². The third-order valence-electron chi connectivity index (χ3n) is 2.08. The van der Waals surface area contributed by atoms with Crippen LogP contribution < -0.4 is 11.2 Å². The predicted molar refractivity (Wildman–Crippen MR) is 58.7 cm³/mol. The van der Waals surface area contributed by atoms with Gasteiger partial charge in [-0.3, -0.25) is 14.6 Å². The van der Waals surface area contributed by atoms with Crippen molar-refractivity contribution in [1.29, 1.82) is 0 Å². The quantitative estimate of drug-likeness (QED) is 0.666. The average Bonchev–Trinajstić information content (AvgIpc) is 2.21. The minimum atomic E-state index is -0.585. The Morgan fingerprint density at radius 2 is 2.00 bits per heavy atom. The lowest BCUT2D eigenvalue weighted by Crippen LogP contribution is -2.29. The van der Waals surface area contributed by atoms with Gasteiger partial charge in [0.25, 0.3) is 5.56 Å². The molecule has 0 amide bonds. The molecular formula is C10H14N2O5. The molecule has 0 saturated carbocycles. The first-order valence-electron chi connectivity index (χ1n) is 5.01. The zero-order valence-electron chi connectivity index (χ0n) is 9.66. The molecule has 0 fully saturated rings. The number of esters is 1. The summed E-state index contributed by atoms with van der Waals surface area (Å²) in [6.07, 6.45) is 0.227. The number of H-pyrrole nitrogens is 2. The van der Waals surface area contributed by atoms with Crippen LogP contribution in [0.1, 0.15) is 18.2 Å². The Hall–Kier alpha value is -1.89. The minimum absolute atomic E-state index is 0.0845. The fourth-order valence-corrected chi connectivity index (χ4v) is 1.39. The van der Waals surface area contributed by atoms with Crippen LogP contribution in [-0.4, -0.2) is 29.7 Å². The van der Waals surface area contributed by atoms with Gasteiger partial charge in [-0.05, 0) is 0 Å². The molecule has 7 heteroatoms. The van der Waals surface area contributed by atoms with E-state index in [0.717, 1.165) is 0 Å². The third kappa shape index (κ3) is 3.87. The molecule has 0 aliphatic heterocycles. The summed E-state index contributed by atoms with van der Waals surface area (Å²) < 4.78 is 9.61. The summed E-state index contributed by atoms with van der Waals surface area (Å²) in [6, 6.07) is 0. The van der Waals surface area contributed by atoms with Crippen molar-refractivity contribution in [3.05, 3.63) is 32.1 Å². The number of hydrogen-bond acceptors (Lipinski definition) is 5. The molecule has 1 heterocycles. The first-order valence-corrected chi connectivity index (χ1v) is 5.01. The maximum atomic E-state index is 11.5. The SMILES string of the molecule is COCc1[nH]c(=O)[nH]c(=O)c1CCOC(C)=O. The van der Waals surface area contributed by atoms with E-state index < -0.39 is 17.2 Å². The van der Waals surface area contributed by atoms with E-state index in [1.54, 1.807) is 0 Å². The van der Waals surface area contributed by atoms with Gasteiger partial charge < -0.3 is 14.5 Å². The molecule has 17 heavy (non-hydrogen) atoms. The van der Waals surface area contributed by atoms with E-state index in [0.29, 0.717) is 11.3 Å². The second kappa shape index (κ2) is 6.00. The monoisotopic (exact) mass is 242 g/mol. The minimum Gasteiger partial charge on any atom is -0.466 e. The molecular weight excluding hydrogens is 228 g/mol. The van der Waals surface area contributed by atoms with Gasteiger partial charge in [0.15, 0.2) is 0 Å². The van der Waals surface area contributed by atoms with Crippen molar-refractivity contribution in [1.82, 2.24) is 9.97 Å². The van der Waals surface area contributed by atoms with Crippen LogP contribution in [0, 0.1) is 0 Å². The molecule has 0 saturated heterocycles. The van der Waals surface area contributed by atoms with E-state index in [9.17, 15) is 14.4 Å². The normalized spacial score (nSPS) is 10.2. The highest BCUT2D eigenvalue weighted by atomic mass is 16.5. The number of carbonyl (C=O) groups is 1. The fraction of sp³-hybridized carbons (Fsp3) is 0.500. The highest BCUT2D eigenvalue weighted by molar-refractivity contribution is 5.65.